The minimum atomic E-state index is -0.318. The van der Waals surface area contributed by atoms with Crippen LogP contribution in [0.15, 0.2) is 24.3 Å². The van der Waals surface area contributed by atoms with E-state index in [0.717, 1.165) is 24.0 Å². The highest BCUT2D eigenvalue weighted by Gasteiger charge is 2.31. The van der Waals surface area contributed by atoms with E-state index in [-0.39, 0.29) is 30.3 Å². The van der Waals surface area contributed by atoms with E-state index in [4.69, 9.17) is 4.74 Å². The summed E-state index contributed by atoms with van der Waals surface area (Å²) in [5, 5.41) is 2.94. The van der Waals surface area contributed by atoms with Gasteiger partial charge in [-0.25, -0.2) is 0 Å². The average Bonchev–Trinajstić information content (AvgIpc) is 3.23. The van der Waals surface area contributed by atoms with Gasteiger partial charge in [-0.15, -0.1) is 0 Å². The Morgan fingerprint density at radius 1 is 1.32 bits per heavy atom. The van der Waals surface area contributed by atoms with Crippen molar-refractivity contribution in [1.82, 2.24) is 5.32 Å². The minimum absolute atomic E-state index is 0.0366. The van der Waals surface area contributed by atoms with E-state index in [9.17, 15) is 9.59 Å². The van der Waals surface area contributed by atoms with Crippen LogP contribution in [-0.2, 0) is 14.3 Å². The van der Waals surface area contributed by atoms with Crippen LogP contribution in [-0.4, -0.2) is 19.0 Å². The molecule has 0 aliphatic heterocycles. The molecule has 1 aromatic rings. The summed E-state index contributed by atoms with van der Waals surface area (Å²) in [6.45, 7) is 2.00. The molecule has 1 aliphatic rings. The van der Waals surface area contributed by atoms with Crippen molar-refractivity contribution in [3.05, 3.63) is 35.4 Å². The predicted molar refractivity (Wildman–Crippen MR) is 71.4 cm³/mol. The molecule has 0 radical (unpaired) electrons. The Balaban J connectivity index is 2.09. The third-order valence-electron chi connectivity index (χ3n) is 3.34. The second-order valence-electron chi connectivity index (χ2n) is 5.03. The molecular formula is C15H19NO3. The lowest BCUT2D eigenvalue weighted by Crippen LogP contribution is -2.31. The zero-order valence-corrected chi connectivity index (χ0v) is 11.3. The largest absolute Gasteiger partial charge is 0.469 e. The first-order chi connectivity index (χ1) is 9.10. The Bertz CT molecular complexity index is 463. The van der Waals surface area contributed by atoms with Gasteiger partial charge in [-0.3, -0.25) is 9.59 Å². The standard InChI is InChI=1S/C15H19NO3/c1-10-3-5-11(6-4-10)13(9-14(17)19-2)16-15(18)12-7-8-12/h3-6,12-13H,7-9H2,1-2H3,(H,16,18)/t13-/m0/s1. The first-order valence-electron chi connectivity index (χ1n) is 6.54. The molecule has 0 unspecified atom stereocenters. The Labute approximate surface area is 113 Å². The van der Waals surface area contributed by atoms with Crippen LogP contribution in [0.4, 0.5) is 0 Å². The quantitative estimate of drug-likeness (QED) is 0.826. The number of aryl methyl sites for hydroxylation is 1. The lowest BCUT2D eigenvalue weighted by Gasteiger charge is -2.18. The summed E-state index contributed by atoms with van der Waals surface area (Å²) in [5.41, 5.74) is 2.08. The van der Waals surface area contributed by atoms with E-state index in [1.807, 2.05) is 31.2 Å². The highest BCUT2D eigenvalue weighted by atomic mass is 16.5. The maximum absolute atomic E-state index is 11.9. The van der Waals surface area contributed by atoms with Crippen LogP contribution >= 0.6 is 0 Å². The smallest absolute Gasteiger partial charge is 0.307 e. The molecule has 0 bridgehead atoms. The number of carbonyl (C=O) groups excluding carboxylic acids is 2. The second-order valence-corrected chi connectivity index (χ2v) is 5.03. The Kier molecular flexibility index (Phi) is 4.20. The second kappa shape index (κ2) is 5.87. The molecule has 0 saturated heterocycles. The van der Waals surface area contributed by atoms with E-state index < -0.39 is 0 Å². The predicted octanol–water partition coefficient (Wildman–Crippen LogP) is 2.13. The number of rotatable bonds is 5. The van der Waals surface area contributed by atoms with Crippen LogP contribution in [0.1, 0.15) is 36.4 Å². The molecule has 1 N–H and O–H groups in total. The van der Waals surface area contributed by atoms with Crippen LogP contribution in [0, 0.1) is 12.8 Å². The van der Waals surface area contributed by atoms with Crippen molar-refractivity contribution in [3.8, 4) is 0 Å². The summed E-state index contributed by atoms with van der Waals surface area (Å²) in [6, 6.07) is 7.53. The zero-order valence-electron chi connectivity index (χ0n) is 11.3. The van der Waals surface area contributed by atoms with Gasteiger partial charge in [0.1, 0.15) is 0 Å². The zero-order chi connectivity index (χ0) is 13.8. The van der Waals surface area contributed by atoms with Gasteiger partial charge >= 0.3 is 5.97 Å². The molecule has 4 nitrogen and oxygen atoms in total. The summed E-state index contributed by atoms with van der Waals surface area (Å²) in [5.74, 6) is -0.151. The van der Waals surface area contributed by atoms with E-state index in [2.05, 4.69) is 5.32 Å². The maximum Gasteiger partial charge on any atom is 0.307 e. The van der Waals surface area contributed by atoms with Gasteiger partial charge in [0, 0.05) is 5.92 Å². The number of benzene rings is 1. The summed E-state index contributed by atoms with van der Waals surface area (Å²) < 4.78 is 4.69. The van der Waals surface area contributed by atoms with Crippen LogP contribution in [0.25, 0.3) is 0 Å². The van der Waals surface area contributed by atoms with Gasteiger partial charge in [0.05, 0.1) is 19.6 Å². The fraction of sp³-hybridized carbons (Fsp3) is 0.467. The van der Waals surface area contributed by atoms with Crippen LogP contribution in [0.3, 0.4) is 0 Å². The lowest BCUT2D eigenvalue weighted by atomic mass is 10.0. The molecule has 1 amide bonds. The number of hydrogen-bond donors (Lipinski definition) is 1. The molecule has 1 aromatic carbocycles. The number of carbonyl (C=O) groups is 2. The number of nitrogens with one attached hydrogen (secondary N) is 1. The van der Waals surface area contributed by atoms with Crippen molar-refractivity contribution in [1.29, 1.82) is 0 Å². The van der Waals surface area contributed by atoms with Gasteiger partial charge in [-0.2, -0.15) is 0 Å². The third-order valence-corrected chi connectivity index (χ3v) is 3.34. The van der Waals surface area contributed by atoms with Gasteiger partial charge in [-0.1, -0.05) is 29.8 Å². The van der Waals surface area contributed by atoms with E-state index in [1.54, 1.807) is 0 Å². The van der Waals surface area contributed by atoms with Gasteiger partial charge in [0.2, 0.25) is 5.91 Å². The van der Waals surface area contributed by atoms with Gasteiger partial charge in [0.15, 0.2) is 0 Å². The highest BCUT2D eigenvalue weighted by molar-refractivity contribution is 5.82. The van der Waals surface area contributed by atoms with E-state index >= 15 is 0 Å². The first kappa shape index (κ1) is 13.6. The number of methoxy groups -OCH3 is 1. The molecule has 1 saturated carbocycles. The normalized spacial score (nSPS) is 15.7. The molecule has 1 aliphatic carbocycles. The fourth-order valence-electron chi connectivity index (χ4n) is 1.94. The molecule has 0 aromatic heterocycles. The van der Waals surface area contributed by atoms with Crippen molar-refractivity contribution in [2.45, 2.75) is 32.2 Å². The number of esters is 1. The average molecular weight is 261 g/mol. The van der Waals surface area contributed by atoms with Gasteiger partial charge in [-0.05, 0) is 25.3 Å². The Morgan fingerprint density at radius 3 is 2.47 bits per heavy atom. The van der Waals surface area contributed by atoms with E-state index in [1.165, 1.54) is 7.11 Å². The van der Waals surface area contributed by atoms with Crippen molar-refractivity contribution in [2.24, 2.45) is 5.92 Å². The number of hydrogen-bond acceptors (Lipinski definition) is 3. The molecule has 1 atom stereocenters. The third kappa shape index (κ3) is 3.81. The first-order valence-corrected chi connectivity index (χ1v) is 6.54. The van der Waals surface area contributed by atoms with Gasteiger partial charge in [0.25, 0.3) is 0 Å². The Hall–Kier alpha value is -1.84. The topological polar surface area (TPSA) is 55.4 Å². The van der Waals surface area contributed by atoms with Crippen molar-refractivity contribution in [2.75, 3.05) is 7.11 Å². The summed E-state index contributed by atoms with van der Waals surface area (Å²) in [7, 11) is 1.36. The molecule has 4 heteroatoms. The summed E-state index contributed by atoms with van der Waals surface area (Å²) in [6.07, 6.45) is 2.06. The van der Waals surface area contributed by atoms with E-state index in [0.29, 0.717) is 0 Å². The SMILES string of the molecule is COC(=O)C[C@H](NC(=O)C1CC1)c1ccc(C)cc1. The maximum atomic E-state index is 11.9. The minimum Gasteiger partial charge on any atom is -0.469 e. The Morgan fingerprint density at radius 2 is 1.95 bits per heavy atom. The highest BCUT2D eigenvalue weighted by Crippen LogP contribution is 2.30. The molecule has 102 valence electrons. The molecular weight excluding hydrogens is 242 g/mol. The van der Waals surface area contributed by atoms with Crippen molar-refractivity contribution < 1.29 is 14.3 Å². The molecule has 1 fully saturated rings. The summed E-state index contributed by atoms with van der Waals surface area (Å²) in [4.78, 5) is 23.3. The molecule has 0 spiro atoms. The van der Waals surface area contributed by atoms with Crippen molar-refractivity contribution >= 4 is 11.9 Å². The molecule has 2 rings (SSSR count). The van der Waals surface area contributed by atoms with Crippen LogP contribution in [0.5, 0.6) is 0 Å². The van der Waals surface area contributed by atoms with Crippen molar-refractivity contribution in [3.63, 3.8) is 0 Å². The molecule has 19 heavy (non-hydrogen) atoms. The lowest BCUT2D eigenvalue weighted by molar-refractivity contribution is -0.141. The number of amides is 1. The van der Waals surface area contributed by atoms with Crippen LogP contribution in [0.2, 0.25) is 0 Å². The fourth-order valence-corrected chi connectivity index (χ4v) is 1.94. The van der Waals surface area contributed by atoms with Gasteiger partial charge < -0.3 is 10.1 Å². The number of ether oxygens (including phenoxy) is 1. The monoisotopic (exact) mass is 261 g/mol. The van der Waals surface area contributed by atoms with Crippen LogP contribution < -0.4 is 5.32 Å². The molecule has 0 heterocycles. The summed E-state index contributed by atoms with van der Waals surface area (Å²) >= 11 is 0.